The van der Waals surface area contributed by atoms with Crippen molar-refractivity contribution in [1.29, 1.82) is 0 Å². The molecule has 0 saturated carbocycles. The van der Waals surface area contributed by atoms with Crippen LogP contribution in [0.15, 0.2) is 103 Å². The minimum Gasteiger partial charge on any atom is -0.479 e. The molecule has 13 heteroatoms. The highest BCUT2D eigenvalue weighted by Crippen LogP contribution is 2.38. The van der Waals surface area contributed by atoms with Crippen LogP contribution in [0, 0.1) is 0 Å². The molecular formula is C39H34N2O11. The fraction of sp³-hybridized carbons (Fsp3) is 0.231. The zero-order chi connectivity index (χ0) is 36.6. The molecule has 0 unspecified atom stereocenters. The molecule has 1 amide bonds. The Morgan fingerprint density at radius 1 is 0.827 bits per heavy atom. The lowest BCUT2D eigenvalue weighted by Gasteiger charge is -2.36. The summed E-state index contributed by atoms with van der Waals surface area (Å²) in [6, 6.07) is 27.9. The summed E-state index contributed by atoms with van der Waals surface area (Å²) in [5.41, 5.74) is 3.37. The number of nitrogens with one attached hydrogen (secondary N) is 1. The second kappa shape index (κ2) is 13.9. The van der Waals surface area contributed by atoms with Gasteiger partial charge >= 0.3 is 23.7 Å². The molecule has 7 rings (SSSR count). The number of hydrogen-bond donors (Lipinski definition) is 4. The van der Waals surface area contributed by atoms with Gasteiger partial charge in [0, 0.05) is 36.1 Å². The van der Waals surface area contributed by atoms with E-state index in [1.165, 1.54) is 4.90 Å². The quantitative estimate of drug-likeness (QED) is 0.100. The number of fused-ring (bicyclic) bond motifs is 3. The number of aliphatic carboxylic acids is 3. The van der Waals surface area contributed by atoms with Crippen LogP contribution in [0.5, 0.6) is 11.5 Å². The van der Waals surface area contributed by atoms with Crippen LogP contribution in [-0.4, -0.2) is 79.8 Å². The maximum Gasteiger partial charge on any atom is 0.377 e. The van der Waals surface area contributed by atoms with E-state index < -0.39 is 53.8 Å². The first-order valence-electron chi connectivity index (χ1n) is 16.5. The number of amides is 1. The van der Waals surface area contributed by atoms with Crippen LogP contribution in [0.3, 0.4) is 0 Å². The van der Waals surface area contributed by atoms with E-state index in [1.807, 2.05) is 91.0 Å². The molecule has 5 aromatic rings. The number of rotatable bonds is 12. The zero-order valence-electron chi connectivity index (χ0n) is 27.8. The number of para-hydroxylation sites is 1. The van der Waals surface area contributed by atoms with Crippen molar-refractivity contribution in [3.8, 4) is 11.5 Å². The van der Waals surface area contributed by atoms with E-state index in [2.05, 4.69) is 11.1 Å². The standard InChI is InChI=1S/C39H34N2O11/c1-22(29(26-15-16-31-32(19-26)50-21-49-31)11-6-10-28-18-27-9-4-5-12-30(27)40-28)41(20-23-13-14-24-7-2-3-8-25(24)17-23)35(42)33-34(36(43)44)52-39(51-33,37(45)46)38(47)48/h2-9,11-19,22,29,33-34,40H,10,20-21H2,1H3,(H,43,44)(H,45,46)(H,47,48)/b11-6+/t22-,29+,33+,34-/m1/s1. The van der Waals surface area contributed by atoms with Crippen LogP contribution in [0.4, 0.5) is 0 Å². The van der Waals surface area contributed by atoms with Crippen molar-refractivity contribution < 1.29 is 53.4 Å². The van der Waals surface area contributed by atoms with Gasteiger partial charge in [0.1, 0.15) is 0 Å². The van der Waals surface area contributed by atoms with Crippen molar-refractivity contribution in [2.75, 3.05) is 6.79 Å². The number of ether oxygens (including phenoxy) is 4. The molecule has 0 aliphatic carbocycles. The van der Waals surface area contributed by atoms with E-state index in [9.17, 15) is 34.5 Å². The number of carboxylic acid groups (broad SMARTS) is 3. The molecule has 266 valence electrons. The van der Waals surface area contributed by atoms with E-state index in [4.69, 9.17) is 18.9 Å². The summed E-state index contributed by atoms with van der Waals surface area (Å²) in [6.07, 6.45) is 0.0763. The fourth-order valence-corrected chi connectivity index (χ4v) is 6.73. The molecule has 4 aromatic carbocycles. The number of allylic oxidation sites excluding steroid dienone is 1. The Hall–Kier alpha value is -6.18. The molecule has 4 atom stereocenters. The molecule has 0 radical (unpaired) electrons. The number of aromatic nitrogens is 1. The summed E-state index contributed by atoms with van der Waals surface area (Å²) in [4.78, 5) is 56.0. The lowest BCUT2D eigenvalue weighted by Crippen LogP contribution is -2.51. The van der Waals surface area contributed by atoms with Gasteiger partial charge in [-0.3, -0.25) is 4.79 Å². The summed E-state index contributed by atoms with van der Waals surface area (Å²) < 4.78 is 21.5. The number of carboxylic acids is 3. The van der Waals surface area contributed by atoms with Gasteiger partial charge in [-0.2, -0.15) is 0 Å². The van der Waals surface area contributed by atoms with Gasteiger partial charge in [0.2, 0.25) is 6.79 Å². The van der Waals surface area contributed by atoms with Crippen molar-refractivity contribution in [2.45, 2.75) is 49.8 Å². The molecule has 3 heterocycles. The SMILES string of the molecule is C[C@H]([C@H](/C=C/Cc1cc2ccccc2[nH]1)c1ccc2c(c1)OCO2)N(Cc1ccc2ccccc2c1)C(=O)[C@H]1OC(C(=O)O)(C(=O)O)O[C@H]1C(=O)O. The molecular weight excluding hydrogens is 672 g/mol. The van der Waals surface area contributed by atoms with Crippen molar-refractivity contribution in [3.63, 3.8) is 0 Å². The average molecular weight is 707 g/mol. The number of benzene rings is 4. The Balaban J connectivity index is 1.29. The smallest absolute Gasteiger partial charge is 0.377 e. The molecule has 0 bridgehead atoms. The molecule has 0 spiro atoms. The molecule has 1 fully saturated rings. The third kappa shape index (κ3) is 6.43. The minimum absolute atomic E-state index is 0.0479. The predicted octanol–water partition coefficient (Wildman–Crippen LogP) is 5.08. The van der Waals surface area contributed by atoms with Gasteiger partial charge in [0.15, 0.2) is 23.7 Å². The predicted molar refractivity (Wildman–Crippen MR) is 186 cm³/mol. The number of aromatic amines is 1. The first kappa shape index (κ1) is 34.3. The third-order valence-corrected chi connectivity index (χ3v) is 9.42. The van der Waals surface area contributed by atoms with E-state index >= 15 is 0 Å². The largest absolute Gasteiger partial charge is 0.479 e. The Labute approximate surface area is 296 Å². The summed E-state index contributed by atoms with van der Waals surface area (Å²) in [6.45, 7) is 1.75. The van der Waals surface area contributed by atoms with Crippen LogP contribution in [0.25, 0.3) is 21.7 Å². The minimum atomic E-state index is -3.41. The second-order valence-electron chi connectivity index (χ2n) is 12.7. The van der Waals surface area contributed by atoms with E-state index in [-0.39, 0.29) is 13.3 Å². The average Bonchev–Trinajstić information content (AvgIpc) is 3.89. The second-order valence-corrected chi connectivity index (χ2v) is 12.7. The highest BCUT2D eigenvalue weighted by atomic mass is 16.8. The van der Waals surface area contributed by atoms with E-state index in [1.54, 1.807) is 13.0 Å². The maximum atomic E-state index is 14.6. The van der Waals surface area contributed by atoms with Gasteiger partial charge in [-0.05, 0) is 64.5 Å². The van der Waals surface area contributed by atoms with Gasteiger partial charge < -0.3 is 44.2 Å². The van der Waals surface area contributed by atoms with E-state index in [0.717, 1.165) is 32.9 Å². The summed E-state index contributed by atoms with van der Waals surface area (Å²) in [7, 11) is 0. The third-order valence-electron chi connectivity index (χ3n) is 9.42. The van der Waals surface area contributed by atoms with Crippen LogP contribution >= 0.6 is 0 Å². The summed E-state index contributed by atoms with van der Waals surface area (Å²) >= 11 is 0. The number of carbonyl (C=O) groups excluding carboxylic acids is 1. The topological polar surface area (TPSA) is 185 Å². The van der Waals surface area contributed by atoms with Crippen LogP contribution in [0.1, 0.15) is 29.7 Å². The number of H-pyrrole nitrogens is 1. The van der Waals surface area contributed by atoms with Crippen molar-refractivity contribution >= 4 is 45.5 Å². The van der Waals surface area contributed by atoms with Gasteiger partial charge in [-0.25, -0.2) is 14.4 Å². The number of hydrogen-bond acceptors (Lipinski definition) is 8. The first-order valence-corrected chi connectivity index (χ1v) is 16.5. The van der Waals surface area contributed by atoms with Gasteiger partial charge in [0.25, 0.3) is 5.91 Å². The monoisotopic (exact) mass is 706 g/mol. The molecule has 1 saturated heterocycles. The lowest BCUT2D eigenvalue weighted by molar-refractivity contribution is -0.221. The highest BCUT2D eigenvalue weighted by Gasteiger charge is 2.64. The maximum absolute atomic E-state index is 14.6. The summed E-state index contributed by atoms with van der Waals surface area (Å²) in [5, 5.41) is 32.5. The Bertz CT molecular complexity index is 2180. The van der Waals surface area contributed by atoms with Crippen molar-refractivity contribution in [2.24, 2.45) is 0 Å². The Kier molecular flexibility index (Phi) is 9.13. The Morgan fingerprint density at radius 3 is 2.25 bits per heavy atom. The van der Waals surface area contributed by atoms with Gasteiger partial charge in [-0.15, -0.1) is 0 Å². The number of nitrogens with zero attached hydrogens (tertiary/aromatic N) is 1. The Morgan fingerprint density at radius 2 is 1.52 bits per heavy atom. The molecule has 52 heavy (non-hydrogen) atoms. The fourth-order valence-electron chi connectivity index (χ4n) is 6.73. The first-order chi connectivity index (χ1) is 25.0. The molecule has 13 nitrogen and oxygen atoms in total. The zero-order valence-corrected chi connectivity index (χ0v) is 27.8. The lowest BCUT2D eigenvalue weighted by atomic mass is 9.89. The van der Waals surface area contributed by atoms with Crippen LogP contribution < -0.4 is 9.47 Å². The molecule has 1 aromatic heterocycles. The van der Waals surface area contributed by atoms with Crippen molar-refractivity contribution in [3.05, 3.63) is 120 Å². The van der Waals surface area contributed by atoms with Gasteiger partial charge in [0.05, 0.1) is 0 Å². The summed E-state index contributed by atoms with van der Waals surface area (Å²) in [5.74, 6) is -9.81. The normalized spacial score (nSPS) is 18.8. The number of carbonyl (C=O) groups is 4. The molecule has 4 N–H and O–H groups in total. The molecule has 2 aliphatic heterocycles. The van der Waals surface area contributed by atoms with Crippen LogP contribution in [-0.2, 0) is 41.6 Å². The van der Waals surface area contributed by atoms with Crippen LogP contribution in [0.2, 0.25) is 0 Å². The van der Waals surface area contributed by atoms with Crippen molar-refractivity contribution in [1.82, 2.24) is 9.88 Å². The van der Waals surface area contributed by atoms with Gasteiger partial charge in [-0.1, -0.05) is 72.8 Å². The molecule has 2 aliphatic rings. The highest BCUT2D eigenvalue weighted by molar-refractivity contribution is 6.02. The van der Waals surface area contributed by atoms with E-state index in [0.29, 0.717) is 23.5 Å².